The van der Waals surface area contributed by atoms with Crippen LogP contribution >= 0.6 is 0 Å². The molecular formula is C24H24N2O3. The molecule has 1 atom stereocenters. The predicted molar refractivity (Wildman–Crippen MR) is 112 cm³/mol. The van der Waals surface area contributed by atoms with E-state index in [0.717, 1.165) is 49.0 Å². The van der Waals surface area contributed by atoms with Crippen molar-refractivity contribution < 1.29 is 14.0 Å². The molecule has 1 amide bonds. The lowest BCUT2D eigenvalue weighted by Gasteiger charge is -2.44. The van der Waals surface area contributed by atoms with E-state index in [9.17, 15) is 9.59 Å². The van der Waals surface area contributed by atoms with E-state index < -0.39 is 0 Å². The molecule has 0 aliphatic carbocycles. The van der Waals surface area contributed by atoms with Crippen molar-refractivity contribution >= 4 is 22.7 Å². The Balaban J connectivity index is 1.45. The number of hydrogen-bond acceptors (Lipinski definition) is 4. The molecule has 4 heterocycles. The maximum absolute atomic E-state index is 12.9. The van der Waals surface area contributed by atoms with Crippen molar-refractivity contribution in [2.24, 2.45) is 5.92 Å². The molecular weight excluding hydrogens is 364 g/mol. The molecule has 0 spiro atoms. The van der Waals surface area contributed by atoms with Crippen LogP contribution in [0.15, 0.2) is 52.9 Å². The lowest BCUT2D eigenvalue weighted by molar-refractivity contribution is 0.0607. The van der Waals surface area contributed by atoms with Crippen LogP contribution in [0.4, 0.5) is 0 Å². The number of amides is 1. The summed E-state index contributed by atoms with van der Waals surface area (Å²) in [6.07, 6.45) is 2.31. The number of hydrogen-bond donors (Lipinski definition) is 1. The van der Waals surface area contributed by atoms with Crippen LogP contribution in [0.2, 0.25) is 0 Å². The molecule has 2 bridgehead atoms. The zero-order valence-corrected chi connectivity index (χ0v) is 16.5. The number of para-hydroxylation sites is 1. The monoisotopic (exact) mass is 388 g/mol. The maximum atomic E-state index is 12.9. The highest BCUT2D eigenvalue weighted by Crippen LogP contribution is 2.32. The summed E-state index contributed by atoms with van der Waals surface area (Å²) in [7, 11) is 0. The van der Waals surface area contributed by atoms with Crippen LogP contribution in [0.25, 0.3) is 22.1 Å². The van der Waals surface area contributed by atoms with Gasteiger partial charge in [-0.05, 0) is 56.5 Å². The molecule has 0 radical (unpaired) electrons. The van der Waals surface area contributed by atoms with E-state index >= 15 is 0 Å². The summed E-state index contributed by atoms with van der Waals surface area (Å²) in [4.78, 5) is 27.1. The van der Waals surface area contributed by atoms with Gasteiger partial charge < -0.3 is 14.6 Å². The first kappa shape index (κ1) is 18.1. The van der Waals surface area contributed by atoms with Gasteiger partial charge in [0.15, 0.2) is 11.5 Å². The van der Waals surface area contributed by atoms with E-state index in [0.29, 0.717) is 22.8 Å². The lowest BCUT2D eigenvalue weighted by atomic mass is 9.84. The molecule has 148 valence electrons. The van der Waals surface area contributed by atoms with Gasteiger partial charge in [-0.2, -0.15) is 0 Å². The summed E-state index contributed by atoms with van der Waals surface area (Å²) in [5.74, 6) is 0.782. The Kier molecular flexibility index (Phi) is 4.47. The largest absolute Gasteiger partial charge is 0.450 e. The average molecular weight is 388 g/mol. The van der Waals surface area contributed by atoms with E-state index in [1.807, 2.05) is 42.5 Å². The first-order valence-electron chi connectivity index (χ1n) is 10.3. The summed E-state index contributed by atoms with van der Waals surface area (Å²) in [6, 6.07) is 15.4. The summed E-state index contributed by atoms with van der Waals surface area (Å²) in [6.45, 7) is 4.78. The van der Waals surface area contributed by atoms with Gasteiger partial charge in [-0.3, -0.25) is 9.59 Å². The van der Waals surface area contributed by atoms with Crippen LogP contribution in [0.5, 0.6) is 0 Å². The number of nitrogens with one attached hydrogen (secondary N) is 1. The van der Waals surface area contributed by atoms with Crippen molar-refractivity contribution in [3.8, 4) is 11.1 Å². The van der Waals surface area contributed by atoms with E-state index in [1.165, 1.54) is 0 Å². The third kappa shape index (κ3) is 3.36. The lowest BCUT2D eigenvalue weighted by Crippen LogP contribution is -2.57. The number of benzene rings is 2. The normalized spacial score (nSPS) is 23.3. The molecule has 5 heteroatoms. The minimum atomic E-state index is -0.150. The molecule has 1 N–H and O–H groups in total. The number of carbonyl (C=O) groups is 2. The minimum absolute atomic E-state index is 0.0241. The smallest absolute Gasteiger partial charge is 0.287 e. The van der Waals surface area contributed by atoms with E-state index in [-0.39, 0.29) is 17.7 Å². The van der Waals surface area contributed by atoms with Crippen LogP contribution in [-0.2, 0) is 0 Å². The summed E-state index contributed by atoms with van der Waals surface area (Å²) < 4.78 is 6.03. The molecule has 2 aromatic carbocycles. The van der Waals surface area contributed by atoms with Crippen molar-refractivity contribution in [3.05, 3.63) is 59.9 Å². The molecule has 3 aliphatic rings. The number of furan rings is 1. The average Bonchev–Trinajstić information content (AvgIpc) is 3.19. The number of piperidine rings is 3. The van der Waals surface area contributed by atoms with Crippen molar-refractivity contribution in [1.82, 2.24) is 10.2 Å². The predicted octanol–water partition coefficient (Wildman–Crippen LogP) is 4.13. The zero-order chi connectivity index (χ0) is 20.0. The third-order valence-corrected chi connectivity index (χ3v) is 6.32. The third-order valence-electron chi connectivity index (χ3n) is 6.32. The number of rotatable bonds is 4. The second-order valence-corrected chi connectivity index (χ2v) is 8.19. The molecule has 6 rings (SSSR count). The van der Waals surface area contributed by atoms with Gasteiger partial charge in [-0.15, -0.1) is 0 Å². The van der Waals surface area contributed by atoms with Gasteiger partial charge in [0.05, 0.1) is 0 Å². The van der Waals surface area contributed by atoms with Gasteiger partial charge in [0.25, 0.3) is 5.91 Å². The first-order chi connectivity index (χ1) is 14.1. The Bertz CT molecular complexity index is 1090. The molecule has 3 saturated heterocycles. The molecule has 5 nitrogen and oxygen atoms in total. The number of ketones is 1. The Hall–Kier alpha value is -2.92. The standard InChI is InChI=1S/C24H24N2O3/c1-15(27)17-4-2-5-18(12-17)20-7-3-6-19-13-22(29-23(19)20)24(28)25-21-14-26-10-8-16(21)9-11-26/h2-7,12-13,16,21H,8-11,14H2,1H3,(H,25,28)/t21-/m0/s1. The van der Waals surface area contributed by atoms with Crippen molar-refractivity contribution in [1.29, 1.82) is 0 Å². The summed E-state index contributed by atoms with van der Waals surface area (Å²) in [5.41, 5.74) is 3.12. The Morgan fingerprint density at radius 3 is 2.59 bits per heavy atom. The highest BCUT2D eigenvalue weighted by molar-refractivity contribution is 6.01. The van der Waals surface area contributed by atoms with Gasteiger partial charge in [0.2, 0.25) is 0 Å². The fourth-order valence-corrected chi connectivity index (χ4v) is 4.68. The molecule has 29 heavy (non-hydrogen) atoms. The SMILES string of the molecule is CC(=O)c1cccc(-c2cccc3cc(C(=O)N[C@H]4CN5CCC4CC5)oc23)c1. The summed E-state index contributed by atoms with van der Waals surface area (Å²) in [5, 5.41) is 4.08. The van der Waals surface area contributed by atoms with Crippen LogP contribution in [0, 0.1) is 5.92 Å². The van der Waals surface area contributed by atoms with Crippen molar-refractivity contribution in [3.63, 3.8) is 0 Å². The fraction of sp³-hybridized carbons (Fsp3) is 0.333. The van der Waals surface area contributed by atoms with Gasteiger partial charge in [-0.25, -0.2) is 0 Å². The Morgan fingerprint density at radius 1 is 1.07 bits per heavy atom. The Morgan fingerprint density at radius 2 is 1.86 bits per heavy atom. The van der Waals surface area contributed by atoms with E-state index in [4.69, 9.17) is 4.42 Å². The molecule has 1 aromatic heterocycles. The van der Waals surface area contributed by atoms with Gasteiger partial charge in [0.1, 0.15) is 5.58 Å². The van der Waals surface area contributed by atoms with Gasteiger partial charge >= 0.3 is 0 Å². The molecule has 3 aliphatic heterocycles. The summed E-state index contributed by atoms with van der Waals surface area (Å²) >= 11 is 0. The number of nitrogens with zero attached hydrogens (tertiary/aromatic N) is 1. The first-order valence-corrected chi connectivity index (χ1v) is 10.3. The highest BCUT2D eigenvalue weighted by Gasteiger charge is 2.35. The fourth-order valence-electron chi connectivity index (χ4n) is 4.68. The molecule has 0 unspecified atom stereocenters. The highest BCUT2D eigenvalue weighted by atomic mass is 16.3. The number of carbonyl (C=O) groups excluding carboxylic acids is 2. The minimum Gasteiger partial charge on any atom is -0.450 e. The van der Waals surface area contributed by atoms with Crippen LogP contribution in [-0.4, -0.2) is 42.3 Å². The second-order valence-electron chi connectivity index (χ2n) is 8.19. The quantitative estimate of drug-likeness (QED) is 0.683. The Labute approximate surface area is 169 Å². The van der Waals surface area contributed by atoms with E-state index in [2.05, 4.69) is 10.2 Å². The second kappa shape index (κ2) is 7.16. The number of Topliss-reactive ketones (excluding diaryl/α,β-unsaturated/α-hetero) is 1. The van der Waals surface area contributed by atoms with Crippen LogP contribution in [0.3, 0.4) is 0 Å². The van der Waals surface area contributed by atoms with Crippen molar-refractivity contribution in [2.45, 2.75) is 25.8 Å². The molecule has 3 aromatic rings. The number of fused-ring (bicyclic) bond motifs is 4. The maximum Gasteiger partial charge on any atom is 0.287 e. The van der Waals surface area contributed by atoms with Crippen LogP contribution in [0.1, 0.15) is 40.7 Å². The topological polar surface area (TPSA) is 62.6 Å². The van der Waals surface area contributed by atoms with E-state index in [1.54, 1.807) is 13.0 Å². The van der Waals surface area contributed by atoms with Gasteiger partial charge in [-0.1, -0.05) is 36.4 Å². The molecule has 3 fully saturated rings. The molecule has 0 saturated carbocycles. The zero-order valence-electron chi connectivity index (χ0n) is 16.5. The van der Waals surface area contributed by atoms with Crippen molar-refractivity contribution in [2.75, 3.05) is 19.6 Å². The van der Waals surface area contributed by atoms with Crippen LogP contribution < -0.4 is 5.32 Å². The van der Waals surface area contributed by atoms with Gasteiger partial charge in [0, 0.05) is 29.1 Å².